The van der Waals surface area contributed by atoms with E-state index in [2.05, 4.69) is 211 Å². The Balaban J connectivity index is 1.14. The van der Waals surface area contributed by atoms with E-state index in [1.165, 1.54) is 16.2 Å². The number of benzene rings is 8. The molecule has 2 heterocycles. The molecule has 8 aromatic carbocycles. The minimum atomic E-state index is 0.940. The van der Waals surface area contributed by atoms with Crippen molar-refractivity contribution in [3.63, 3.8) is 0 Å². The lowest BCUT2D eigenvalue weighted by Crippen LogP contribution is -2.09. The second-order valence-electron chi connectivity index (χ2n) is 13.8. The van der Waals surface area contributed by atoms with E-state index < -0.39 is 0 Å². The van der Waals surface area contributed by atoms with Gasteiger partial charge >= 0.3 is 0 Å². The molecule has 0 N–H and O–H groups in total. The van der Waals surface area contributed by atoms with Crippen molar-refractivity contribution in [2.75, 3.05) is 4.90 Å². The van der Waals surface area contributed by atoms with Crippen molar-refractivity contribution in [1.82, 2.24) is 9.97 Å². The molecule has 10 aromatic rings. The van der Waals surface area contributed by atoms with Crippen molar-refractivity contribution in [3.05, 3.63) is 212 Å². The van der Waals surface area contributed by atoms with E-state index in [-0.39, 0.29) is 0 Å². The first-order valence-electron chi connectivity index (χ1n) is 18.7. The largest absolute Gasteiger partial charge is 0.311 e. The molecule has 0 aliphatic heterocycles. The van der Waals surface area contributed by atoms with Gasteiger partial charge in [0.2, 0.25) is 0 Å². The summed E-state index contributed by atoms with van der Waals surface area (Å²) in [5.41, 5.74) is 12.7. The number of hydrogen-bond acceptors (Lipinski definition) is 3. The van der Waals surface area contributed by atoms with Crippen LogP contribution in [-0.2, 0) is 0 Å². The van der Waals surface area contributed by atoms with Crippen molar-refractivity contribution < 1.29 is 0 Å². The van der Waals surface area contributed by atoms with Crippen LogP contribution in [0.3, 0.4) is 0 Å². The number of aromatic nitrogens is 2. The number of para-hydroxylation sites is 3. The number of rotatable bonds is 7. The van der Waals surface area contributed by atoms with E-state index in [1.54, 1.807) is 0 Å². The molecule has 0 radical (unpaired) electrons. The summed E-state index contributed by atoms with van der Waals surface area (Å²) in [6.45, 7) is 0. The number of anilines is 3. The first kappa shape index (κ1) is 32.3. The third kappa shape index (κ3) is 6.08. The summed E-state index contributed by atoms with van der Waals surface area (Å²) in [4.78, 5) is 12.9. The zero-order valence-electron chi connectivity index (χ0n) is 30.0. The van der Waals surface area contributed by atoms with Gasteiger partial charge in [0.15, 0.2) is 0 Å². The predicted molar refractivity (Wildman–Crippen MR) is 231 cm³/mol. The Labute approximate surface area is 320 Å². The van der Waals surface area contributed by atoms with Crippen molar-refractivity contribution in [3.8, 4) is 44.9 Å². The second-order valence-corrected chi connectivity index (χ2v) is 13.8. The second kappa shape index (κ2) is 13.9. The quantitative estimate of drug-likeness (QED) is 0.155. The van der Waals surface area contributed by atoms with Crippen LogP contribution in [0, 0.1) is 0 Å². The molecule has 0 saturated heterocycles. The molecule has 55 heavy (non-hydrogen) atoms. The third-order valence-electron chi connectivity index (χ3n) is 10.4. The first-order chi connectivity index (χ1) is 27.3. The van der Waals surface area contributed by atoms with Crippen molar-refractivity contribution >= 4 is 49.5 Å². The summed E-state index contributed by atoms with van der Waals surface area (Å²) in [5.74, 6) is 0. The highest BCUT2D eigenvalue weighted by Crippen LogP contribution is 2.41. The Morgan fingerprint density at radius 1 is 0.309 bits per heavy atom. The van der Waals surface area contributed by atoms with Crippen molar-refractivity contribution in [2.45, 2.75) is 0 Å². The number of pyridine rings is 2. The monoisotopic (exact) mass is 701 g/mol. The zero-order valence-corrected chi connectivity index (χ0v) is 30.0. The molecule has 0 aliphatic carbocycles. The molecular weight excluding hydrogens is 667 g/mol. The van der Waals surface area contributed by atoms with Crippen LogP contribution in [0.5, 0.6) is 0 Å². The van der Waals surface area contributed by atoms with Gasteiger partial charge in [-0.15, -0.1) is 0 Å². The molecule has 3 nitrogen and oxygen atoms in total. The van der Waals surface area contributed by atoms with E-state index in [0.717, 1.165) is 78.3 Å². The van der Waals surface area contributed by atoms with Gasteiger partial charge in [-0.3, -0.25) is 0 Å². The van der Waals surface area contributed by atoms with Crippen LogP contribution in [-0.4, -0.2) is 9.97 Å². The molecular formula is C52H35N3. The van der Waals surface area contributed by atoms with Gasteiger partial charge in [0, 0.05) is 49.9 Å². The van der Waals surface area contributed by atoms with E-state index in [9.17, 15) is 0 Å². The lowest BCUT2D eigenvalue weighted by Gasteiger charge is -2.25. The lowest BCUT2D eigenvalue weighted by atomic mass is 9.93. The molecule has 0 amide bonds. The normalized spacial score (nSPS) is 11.3. The van der Waals surface area contributed by atoms with Crippen LogP contribution in [0.1, 0.15) is 0 Å². The van der Waals surface area contributed by atoms with E-state index >= 15 is 0 Å². The highest BCUT2D eigenvalue weighted by atomic mass is 15.1. The maximum absolute atomic E-state index is 5.32. The predicted octanol–water partition coefficient (Wildman–Crippen LogP) is 14.1. The Morgan fingerprint density at radius 2 is 0.836 bits per heavy atom. The molecule has 0 aliphatic rings. The van der Waals surface area contributed by atoms with Crippen molar-refractivity contribution in [1.29, 1.82) is 0 Å². The standard InChI is InChI=1S/C52H35N3/c1-5-15-36(16-6-1)41-34-49(38-17-7-2-8-18-38)53-50(35-41)40-26-25-37-29-32-46-51(47(37)33-40)45-23-13-14-24-48(45)54-52(46)39-27-30-44(31-28-39)55(42-19-9-3-10-20-42)43-21-11-4-12-22-43/h1-35H. The van der Waals surface area contributed by atoms with E-state index in [1.807, 2.05) is 6.07 Å². The van der Waals surface area contributed by atoms with Gasteiger partial charge < -0.3 is 4.90 Å². The molecule has 0 bridgehead atoms. The molecule has 0 fully saturated rings. The maximum atomic E-state index is 5.32. The lowest BCUT2D eigenvalue weighted by molar-refractivity contribution is 1.28. The molecule has 0 saturated carbocycles. The van der Waals surface area contributed by atoms with Gasteiger partial charge in [0.1, 0.15) is 0 Å². The van der Waals surface area contributed by atoms with Gasteiger partial charge in [-0.25, -0.2) is 9.97 Å². The topological polar surface area (TPSA) is 29.0 Å². The van der Waals surface area contributed by atoms with Crippen LogP contribution in [0.4, 0.5) is 17.1 Å². The molecule has 10 rings (SSSR count). The third-order valence-corrected chi connectivity index (χ3v) is 10.4. The Hall–Kier alpha value is -7.36. The van der Waals surface area contributed by atoms with Crippen LogP contribution in [0.25, 0.3) is 77.3 Å². The van der Waals surface area contributed by atoms with Gasteiger partial charge in [-0.05, 0) is 82.6 Å². The van der Waals surface area contributed by atoms with Crippen LogP contribution in [0.2, 0.25) is 0 Å². The number of fused-ring (bicyclic) bond motifs is 5. The molecule has 2 aromatic heterocycles. The summed E-state index contributed by atoms with van der Waals surface area (Å²) in [6.07, 6.45) is 0. The minimum absolute atomic E-state index is 0.940. The van der Waals surface area contributed by atoms with E-state index in [4.69, 9.17) is 9.97 Å². The van der Waals surface area contributed by atoms with Gasteiger partial charge in [0.25, 0.3) is 0 Å². The average Bonchev–Trinajstić information content (AvgIpc) is 3.27. The average molecular weight is 702 g/mol. The Bertz CT molecular complexity index is 2850. The maximum Gasteiger partial charge on any atom is 0.0788 e. The SMILES string of the molecule is c1ccc(-c2cc(-c3ccccc3)nc(-c3ccc4ccc5c(-c6ccc(N(c7ccccc7)c7ccccc7)cc6)nc6ccccc6c5c4c3)c2)cc1. The fourth-order valence-corrected chi connectivity index (χ4v) is 7.75. The van der Waals surface area contributed by atoms with Crippen LogP contribution >= 0.6 is 0 Å². The van der Waals surface area contributed by atoms with Gasteiger partial charge in [-0.2, -0.15) is 0 Å². The molecule has 0 unspecified atom stereocenters. The van der Waals surface area contributed by atoms with Crippen LogP contribution < -0.4 is 4.90 Å². The molecule has 0 spiro atoms. The molecule has 3 heteroatoms. The number of hydrogen-bond donors (Lipinski definition) is 0. The van der Waals surface area contributed by atoms with Crippen LogP contribution in [0.15, 0.2) is 212 Å². The highest BCUT2D eigenvalue weighted by molar-refractivity contribution is 6.22. The summed E-state index contributed by atoms with van der Waals surface area (Å²) >= 11 is 0. The Morgan fingerprint density at radius 3 is 1.51 bits per heavy atom. The first-order valence-corrected chi connectivity index (χ1v) is 18.7. The van der Waals surface area contributed by atoms with E-state index in [0.29, 0.717) is 0 Å². The smallest absolute Gasteiger partial charge is 0.0788 e. The zero-order chi connectivity index (χ0) is 36.6. The Kier molecular flexibility index (Phi) is 8.16. The molecule has 258 valence electrons. The minimum Gasteiger partial charge on any atom is -0.311 e. The van der Waals surface area contributed by atoms with Gasteiger partial charge in [-0.1, -0.05) is 152 Å². The summed E-state index contributed by atoms with van der Waals surface area (Å²) in [5, 5.41) is 5.81. The summed E-state index contributed by atoms with van der Waals surface area (Å²) < 4.78 is 0. The fourth-order valence-electron chi connectivity index (χ4n) is 7.75. The molecule has 0 atom stereocenters. The highest BCUT2D eigenvalue weighted by Gasteiger charge is 2.17. The summed E-state index contributed by atoms with van der Waals surface area (Å²) in [6, 6.07) is 75.0. The van der Waals surface area contributed by atoms with Crippen molar-refractivity contribution in [2.24, 2.45) is 0 Å². The summed E-state index contributed by atoms with van der Waals surface area (Å²) in [7, 11) is 0. The fraction of sp³-hybridized carbons (Fsp3) is 0. The number of nitrogens with zero attached hydrogens (tertiary/aromatic N) is 3. The van der Waals surface area contributed by atoms with Gasteiger partial charge in [0.05, 0.1) is 22.6 Å².